The monoisotopic (exact) mass is 396 g/mol. The Morgan fingerprint density at radius 3 is 2.14 bits per heavy atom. The van der Waals surface area contributed by atoms with Crippen molar-refractivity contribution in [2.75, 3.05) is 6.61 Å². The zero-order valence-corrected chi connectivity index (χ0v) is 16.4. The van der Waals surface area contributed by atoms with Crippen LogP contribution in [0, 0.1) is 6.92 Å². The summed E-state index contributed by atoms with van der Waals surface area (Å²) in [5.74, 6) is 0.228. The third-order valence-corrected chi connectivity index (χ3v) is 4.04. The molecule has 0 saturated carbocycles. The normalized spacial score (nSPS) is 10.1. The molecule has 152 valence electrons. The highest BCUT2D eigenvalue weighted by Gasteiger charge is 2.11. The van der Waals surface area contributed by atoms with E-state index in [-0.39, 0.29) is 18.1 Å². The summed E-state index contributed by atoms with van der Waals surface area (Å²) in [5, 5.41) is 0. The van der Waals surface area contributed by atoms with Crippen LogP contribution in [0.15, 0.2) is 61.2 Å². The fourth-order valence-electron chi connectivity index (χ4n) is 2.39. The molecule has 0 aliphatic rings. The maximum atomic E-state index is 12.1. The fraction of sp³-hybridized carbons (Fsp3) is 0.261. The van der Waals surface area contributed by atoms with Crippen molar-refractivity contribution in [1.82, 2.24) is 0 Å². The molecule has 0 radical (unpaired) electrons. The number of aryl methyl sites for hydroxylation is 1. The first-order chi connectivity index (χ1) is 14.0. The lowest BCUT2D eigenvalue weighted by atomic mass is 10.1. The van der Waals surface area contributed by atoms with Gasteiger partial charge in [0.2, 0.25) is 0 Å². The van der Waals surface area contributed by atoms with Gasteiger partial charge in [-0.2, -0.15) is 0 Å². The zero-order valence-electron chi connectivity index (χ0n) is 16.4. The minimum atomic E-state index is -0.817. The Morgan fingerprint density at radius 2 is 1.48 bits per heavy atom. The summed E-state index contributed by atoms with van der Waals surface area (Å²) in [7, 11) is 0. The highest BCUT2D eigenvalue weighted by molar-refractivity contribution is 5.91. The molecule has 6 heteroatoms. The summed E-state index contributed by atoms with van der Waals surface area (Å²) < 4.78 is 15.3. The smallest absolute Gasteiger partial charge is 0.434 e. The molecule has 0 amide bonds. The Labute approximate surface area is 170 Å². The van der Waals surface area contributed by atoms with Gasteiger partial charge in [0.05, 0.1) is 12.2 Å². The maximum Gasteiger partial charge on any atom is 0.513 e. The summed E-state index contributed by atoms with van der Waals surface area (Å²) in [6.45, 7) is 5.57. The Morgan fingerprint density at radius 1 is 0.862 bits per heavy atom. The molecule has 0 fully saturated rings. The number of ketones is 1. The van der Waals surface area contributed by atoms with Crippen molar-refractivity contribution in [1.29, 1.82) is 0 Å². The van der Waals surface area contributed by atoms with Gasteiger partial charge in [0.15, 0.2) is 5.78 Å². The summed E-state index contributed by atoms with van der Waals surface area (Å²) in [4.78, 5) is 34.9. The van der Waals surface area contributed by atoms with E-state index in [0.717, 1.165) is 18.4 Å². The second-order valence-corrected chi connectivity index (χ2v) is 6.41. The number of ether oxygens (including phenoxy) is 3. The van der Waals surface area contributed by atoms with E-state index < -0.39 is 12.1 Å². The van der Waals surface area contributed by atoms with Crippen LogP contribution in [-0.2, 0) is 9.53 Å². The highest BCUT2D eigenvalue weighted by Crippen LogP contribution is 2.17. The molecule has 2 rings (SSSR count). The number of benzene rings is 2. The quantitative estimate of drug-likeness (QED) is 0.184. The van der Waals surface area contributed by atoms with E-state index in [1.54, 1.807) is 12.1 Å². The molecule has 0 aliphatic heterocycles. The SMILES string of the molecule is C=CC(=O)CCCCCOC(=O)Oc1ccc(C(=O)Oc2ccc(C)cc2)cc1. The van der Waals surface area contributed by atoms with E-state index in [4.69, 9.17) is 14.2 Å². The van der Waals surface area contributed by atoms with Gasteiger partial charge in [0.1, 0.15) is 11.5 Å². The van der Waals surface area contributed by atoms with Crippen molar-refractivity contribution in [3.05, 3.63) is 72.3 Å². The Hall–Kier alpha value is -3.41. The molecule has 0 atom stereocenters. The lowest BCUT2D eigenvalue weighted by Crippen LogP contribution is -2.12. The van der Waals surface area contributed by atoms with E-state index in [1.807, 2.05) is 19.1 Å². The summed E-state index contributed by atoms with van der Waals surface area (Å²) >= 11 is 0. The molecule has 2 aromatic carbocycles. The molecule has 0 saturated heterocycles. The van der Waals surface area contributed by atoms with E-state index >= 15 is 0 Å². The Bertz CT molecular complexity index is 837. The standard InChI is InChI=1S/C23H24O6/c1-3-19(24)7-5-4-6-16-27-23(26)29-21-14-10-18(11-15-21)22(25)28-20-12-8-17(2)9-13-20/h3,8-15H,1,4-7,16H2,2H3. The van der Waals surface area contributed by atoms with Crippen LogP contribution in [-0.4, -0.2) is 24.5 Å². The molecule has 6 nitrogen and oxygen atoms in total. The lowest BCUT2D eigenvalue weighted by molar-refractivity contribution is -0.114. The van der Waals surface area contributed by atoms with Gasteiger partial charge >= 0.3 is 12.1 Å². The van der Waals surface area contributed by atoms with Crippen LogP contribution in [0.25, 0.3) is 0 Å². The minimum absolute atomic E-state index is 0.0107. The van der Waals surface area contributed by atoms with Crippen LogP contribution in [0.1, 0.15) is 41.6 Å². The zero-order chi connectivity index (χ0) is 21.1. The average Bonchev–Trinajstić information content (AvgIpc) is 2.72. The number of allylic oxidation sites excluding steroid dienone is 1. The van der Waals surface area contributed by atoms with Crippen molar-refractivity contribution in [3.63, 3.8) is 0 Å². The van der Waals surface area contributed by atoms with Crippen molar-refractivity contribution >= 4 is 17.9 Å². The van der Waals surface area contributed by atoms with Crippen LogP contribution < -0.4 is 9.47 Å². The number of esters is 1. The van der Waals surface area contributed by atoms with Crippen LogP contribution in [0.5, 0.6) is 11.5 Å². The third kappa shape index (κ3) is 8.01. The molecule has 29 heavy (non-hydrogen) atoms. The first kappa shape index (κ1) is 21.9. The van der Waals surface area contributed by atoms with Crippen molar-refractivity contribution in [3.8, 4) is 11.5 Å². The van der Waals surface area contributed by atoms with Gasteiger partial charge in [-0.15, -0.1) is 0 Å². The predicted octanol–water partition coefficient (Wildman–Crippen LogP) is 5.05. The van der Waals surface area contributed by atoms with Crippen LogP contribution in [0.3, 0.4) is 0 Å². The summed E-state index contributed by atoms with van der Waals surface area (Å²) in [6, 6.07) is 13.2. The largest absolute Gasteiger partial charge is 0.513 e. The van der Waals surface area contributed by atoms with Gasteiger partial charge in [0.25, 0.3) is 0 Å². The van der Waals surface area contributed by atoms with Gasteiger partial charge in [0, 0.05) is 6.42 Å². The van der Waals surface area contributed by atoms with Crippen molar-refractivity contribution < 1.29 is 28.6 Å². The van der Waals surface area contributed by atoms with E-state index in [9.17, 15) is 14.4 Å². The van der Waals surface area contributed by atoms with E-state index in [2.05, 4.69) is 6.58 Å². The van der Waals surface area contributed by atoms with E-state index in [0.29, 0.717) is 24.2 Å². The molecule has 0 heterocycles. The Balaban J connectivity index is 1.71. The van der Waals surface area contributed by atoms with Crippen LogP contribution in [0.2, 0.25) is 0 Å². The highest BCUT2D eigenvalue weighted by atomic mass is 16.7. The summed E-state index contributed by atoms with van der Waals surface area (Å²) in [6.07, 6.45) is 3.08. The topological polar surface area (TPSA) is 78.9 Å². The molecule has 0 spiro atoms. The average molecular weight is 396 g/mol. The number of carbonyl (C=O) groups excluding carboxylic acids is 3. The molecule has 0 N–H and O–H groups in total. The Kier molecular flexibility index (Phi) is 8.63. The molecule has 0 aliphatic carbocycles. The second-order valence-electron chi connectivity index (χ2n) is 6.41. The molecule has 0 unspecified atom stereocenters. The molecule has 0 bridgehead atoms. The number of rotatable bonds is 10. The van der Waals surface area contributed by atoms with Crippen molar-refractivity contribution in [2.24, 2.45) is 0 Å². The van der Waals surface area contributed by atoms with Gasteiger partial charge in [-0.05, 0) is 68.7 Å². The first-order valence-corrected chi connectivity index (χ1v) is 9.36. The second kappa shape index (κ2) is 11.4. The first-order valence-electron chi connectivity index (χ1n) is 9.36. The molecule has 0 aromatic heterocycles. The summed E-state index contributed by atoms with van der Waals surface area (Å²) in [5.41, 5.74) is 1.40. The maximum absolute atomic E-state index is 12.1. The number of hydrogen-bond donors (Lipinski definition) is 0. The third-order valence-electron chi connectivity index (χ3n) is 4.04. The minimum Gasteiger partial charge on any atom is -0.434 e. The van der Waals surface area contributed by atoms with Crippen molar-refractivity contribution in [2.45, 2.75) is 32.6 Å². The fourth-order valence-corrected chi connectivity index (χ4v) is 2.39. The van der Waals surface area contributed by atoms with Gasteiger partial charge in [-0.3, -0.25) is 4.79 Å². The van der Waals surface area contributed by atoms with Crippen LogP contribution in [0.4, 0.5) is 4.79 Å². The molecule has 2 aromatic rings. The van der Waals surface area contributed by atoms with Gasteiger partial charge in [-0.1, -0.05) is 24.3 Å². The van der Waals surface area contributed by atoms with E-state index in [1.165, 1.54) is 30.3 Å². The molecular weight excluding hydrogens is 372 g/mol. The number of unbranched alkanes of at least 4 members (excludes halogenated alkanes) is 2. The van der Waals surface area contributed by atoms with Gasteiger partial charge < -0.3 is 14.2 Å². The van der Waals surface area contributed by atoms with Crippen LogP contribution >= 0.6 is 0 Å². The predicted molar refractivity (Wildman–Crippen MR) is 108 cm³/mol. The molecular formula is C23H24O6. The number of carbonyl (C=O) groups is 3. The lowest BCUT2D eigenvalue weighted by Gasteiger charge is -2.07. The number of hydrogen-bond acceptors (Lipinski definition) is 6. The van der Waals surface area contributed by atoms with Gasteiger partial charge in [-0.25, -0.2) is 9.59 Å².